The Morgan fingerprint density at radius 3 is 2.38 bits per heavy atom. The van der Waals surface area contributed by atoms with E-state index in [2.05, 4.69) is 22.2 Å². The molecule has 0 radical (unpaired) electrons. The molecule has 0 saturated carbocycles. The molecule has 0 bridgehead atoms. The maximum absolute atomic E-state index is 13.7. The molecule has 1 atom stereocenters. The molecule has 0 spiro atoms. The van der Waals surface area contributed by atoms with Gasteiger partial charge in [-0.05, 0) is 61.7 Å². The number of carbonyl (C=O) groups is 2. The van der Waals surface area contributed by atoms with Crippen LogP contribution in [0.15, 0.2) is 42.5 Å². The average molecular weight is 546 g/mol. The van der Waals surface area contributed by atoms with Gasteiger partial charge < -0.3 is 24.6 Å². The van der Waals surface area contributed by atoms with Crippen LogP contribution in [0.2, 0.25) is 5.02 Å². The molecule has 1 N–H and O–H groups in total. The molecule has 2 aliphatic rings. The van der Waals surface area contributed by atoms with Gasteiger partial charge in [0.05, 0.1) is 31.4 Å². The van der Waals surface area contributed by atoms with E-state index in [1.165, 1.54) is 12.0 Å². The van der Waals surface area contributed by atoms with E-state index in [0.29, 0.717) is 39.6 Å². The molecule has 2 amide bonds. The van der Waals surface area contributed by atoms with Gasteiger partial charge >= 0.3 is 0 Å². The van der Waals surface area contributed by atoms with Gasteiger partial charge in [-0.2, -0.15) is 0 Å². The van der Waals surface area contributed by atoms with Gasteiger partial charge in [0.2, 0.25) is 5.91 Å². The molecule has 2 heterocycles. The van der Waals surface area contributed by atoms with Crippen molar-refractivity contribution in [1.29, 1.82) is 0 Å². The molecule has 2 fully saturated rings. The van der Waals surface area contributed by atoms with Crippen molar-refractivity contribution in [1.82, 2.24) is 14.7 Å². The molecule has 0 aliphatic carbocycles. The van der Waals surface area contributed by atoms with Crippen LogP contribution in [0.25, 0.3) is 0 Å². The molecule has 4 rings (SSSR count). The van der Waals surface area contributed by atoms with Crippen LogP contribution < -0.4 is 19.7 Å². The van der Waals surface area contributed by atoms with Gasteiger partial charge in [0.1, 0.15) is 17.5 Å². The van der Waals surface area contributed by atoms with Crippen molar-refractivity contribution < 1.29 is 19.1 Å². The second-order valence-electron chi connectivity index (χ2n) is 9.11. The lowest BCUT2D eigenvalue weighted by atomic mass is 10.1. The van der Waals surface area contributed by atoms with Crippen molar-refractivity contribution in [2.45, 2.75) is 12.5 Å². The minimum Gasteiger partial charge on any atom is -0.497 e. The molecular weight excluding hydrogens is 514 g/mol. The van der Waals surface area contributed by atoms with E-state index < -0.39 is 6.04 Å². The molecule has 198 valence electrons. The zero-order valence-corrected chi connectivity index (χ0v) is 22.8. The molecule has 9 nitrogen and oxygen atoms in total. The maximum atomic E-state index is 13.7. The first-order valence-corrected chi connectivity index (χ1v) is 12.9. The summed E-state index contributed by atoms with van der Waals surface area (Å²) in [6.45, 7) is 5.17. The van der Waals surface area contributed by atoms with Crippen molar-refractivity contribution in [2.24, 2.45) is 0 Å². The third-order valence-corrected chi connectivity index (χ3v) is 7.43. The number of rotatable bonds is 9. The van der Waals surface area contributed by atoms with E-state index in [-0.39, 0.29) is 18.2 Å². The summed E-state index contributed by atoms with van der Waals surface area (Å²) in [6, 6.07) is 11.4. The summed E-state index contributed by atoms with van der Waals surface area (Å²) in [5.74, 6) is 0.670. The number of benzene rings is 2. The lowest BCUT2D eigenvalue weighted by molar-refractivity contribution is -0.124. The fraction of sp³-hybridized carbons (Fsp3) is 0.423. The number of halogens is 1. The van der Waals surface area contributed by atoms with Crippen LogP contribution in [-0.2, 0) is 9.59 Å². The molecular formula is C26H32ClN5O4S. The first-order chi connectivity index (χ1) is 17.8. The monoisotopic (exact) mass is 545 g/mol. The molecule has 2 saturated heterocycles. The van der Waals surface area contributed by atoms with Crippen LogP contribution in [0.5, 0.6) is 11.5 Å². The topological polar surface area (TPSA) is 77.6 Å². The van der Waals surface area contributed by atoms with Gasteiger partial charge in [0.25, 0.3) is 5.91 Å². The Hall–Kier alpha value is -2.92. The number of methoxy groups -OCH3 is 2. The second-order valence-corrected chi connectivity index (χ2v) is 9.88. The first-order valence-electron chi connectivity index (χ1n) is 12.1. The zero-order valence-electron chi connectivity index (χ0n) is 21.3. The van der Waals surface area contributed by atoms with Gasteiger partial charge in [0, 0.05) is 45.0 Å². The molecule has 11 heteroatoms. The minimum atomic E-state index is -0.723. The van der Waals surface area contributed by atoms with E-state index in [4.69, 9.17) is 33.3 Å². The van der Waals surface area contributed by atoms with Crippen molar-refractivity contribution in [2.75, 3.05) is 70.8 Å². The van der Waals surface area contributed by atoms with E-state index in [1.54, 1.807) is 49.6 Å². The molecule has 0 aromatic heterocycles. The predicted octanol–water partition coefficient (Wildman–Crippen LogP) is 2.94. The fourth-order valence-electron chi connectivity index (χ4n) is 4.50. The second kappa shape index (κ2) is 12.1. The molecule has 37 heavy (non-hydrogen) atoms. The smallest absolute Gasteiger partial charge is 0.256 e. The summed E-state index contributed by atoms with van der Waals surface area (Å²) in [7, 11) is 5.23. The summed E-state index contributed by atoms with van der Waals surface area (Å²) in [4.78, 5) is 34.7. The number of hydrogen-bond acceptors (Lipinski definition) is 7. The lowest BCUT2D eigenvalue weighted by Gasteiger charge is -2.34. The number of ether oxygens (including phenoxy) is 2. The molecule has 2 aromatic rings. The summed E-state index contributed by atoms with van der Waals surface area (Å²) in [5.41, 5.74) is 1.17. The number of anilines is 2. The molecule has 2 aliphatic heterocycles. The Bertz CT molecular complexity index is 1140. The number of nitrogens with one attached hydrogen (secondary N) is 1. The zero-order chi connectivity index (χ0) is 26.5. The predicted molar refractivity (Wildman–Crippen MR) is 149 cm³/mol. The van der Waals surface area contributed by atoms with Crippen LogP contribution in [0.3, 0.4) is 0 Å². The highest BCUT2D eigenvalue weighted by Gasteiger charge is 2.44. The summed E-state index contributed by atoms with van der Waals surface area (Å²) < 4.78 is 10.4. The standard InChI is InChI=1S/C26H32ClN5O4S/c1-29-10-12-30(13-11-29)14-15-31-22(17-24(33)28-18-4-7-20(35-2)8-5-18)25(34)32(26(31)37)19-6-9-23(36-3)21(27)16-19/h4-9,16,22H,10-15,17H2,1-3H3,(H,28,33)/t22-/m0/s1. The Morgan fingerprint density at radius 2 is 1.76 bits per heavy atom. The van der Waals surface area contributed by atoms with E-state index >= 15 is 0 Å². The number of amides is 2. The normalized spacial score (nSPS) is 18.9. The van der Waals surface area contributed by atoms with Crippen molar-refractivity contribution in [3.05, 3.63) is 47.5 Å². The van der Waals surface area contributed by atoms with E-state index in [1.807, 2.05) is 4.90 Å². The summed E-state index contributed by atoms with van der Waals surface area (Å²) in [6.07, 6.45) is -0.0336. The highest BCUT2D eigenvalue weighted by molar-refractivity contribution is 7.80. The number of nitrogens with zero attached hydrogens (tertiary/aromatic N) is 4. The first kappa shape index (κ1) is 27.1. The third kappa shape index (κ3) is 6.32. The van der Waals surface area contributed by atoms with Gasteiger partial charge in [0.15, 0.2) is 5.11 Å². The van der Waals surface area contributed by atoms with Crippen molar-refractivity contribution in [3.63, 3.8) is 0 Å². The van der Waals surface area contributed by atoms with Gasteiger partial charge in [-0.3, -0.25) is 19.4 Å². The number of carbonyl (C=O) groups excluding carboxylic acids is 2. The van der Waals surface area contributed by atoms with E-state index in [0.717, 1.165) is 32.7 Å². The fourth-order valence-corrected chi connectivity index (χ4v) is 5.17. The van der Waals surface area contributed by atoms with Gasteiger partial charge in [-0.25, -0.2) is 0 Å². The van der Waals surface area contributed by atoms with Crippen LogP contribution >= 0.6 is 23.8 Å². The number of thiocarbonyl (C=S) groups is 1. The third-order valence-electron chi connectivity index (χ3n) is 6.72. The highest BCUT2D eigenvalue weighted by atomic mass is 35.5. The van der Waals surface area contributed by atoms with E-state index in [9.17, 15) is 9.59 Å². The molecule has 0 unspecified atom stereocenters. The Labute approximate surface area is 227 Å². The Morgan fingerprint density at radius 1 is 1.05 bits per heavy atom. The number of hydrogen-bond donors (Lipinski definition) is 1. The number of piperazine rings is 1. The van der Waals surface area contributed by atoms with Gasteiger partial charge in [-0.15, -0.1) is 0 Å². The minimum absolute atomic E-state index is 0.0336. The van der Waals surface area contributed by atoms with Crippen molar-refractivity contribution in [3.8, 4) is 11.5 Å². The SMILES string of the molecule is COc1ccc(NC(=O)C[C@H]2C(=O)N(c3ccc(OC)c(Cl)c3)C(=S)N2CCN2CCN(C)CC2)cc1. The molecule has 2 aromatic carbocycles. The Kier molecular flexibility index (Phi) is 8.86. The average Bonchev–Trinajstić information content (AvgIpc) is 3.12. The maximum Gasteiger partial charge on any atom is 0.256 e. The summed E-state index contributed by atoms with van der Waals surface area (Å²) in [5, 5.41) is 3.62. The van der Waals surface area contributed by atoms with Crippen LogP contribution in [-0.4, -0.2) is 98.2 Å². The number of likely N-dealkylation sites (N-methyl/N-ethyl adjacent to an activating group) is 1. The largest absolute Gasteiger partial charge is 0.497 e. The van der Waals surface area contributed by atoms with Gasteiger partial charge in [-0.1, -0.05) is 11.6 Å². The van der Waals surface area contributed by atoms with Crippen LogP contribution in [0.4, 0.5) is 11.4 Å². The Balaban J connectivity index is 1.52. The van der Waals surface area contributed by atoms with Crippen molar-refractivity contribution >= 4 is 52.1 Å². The highest BCUT2D eigenvalue weighted by Crippen LogP contribution is 2.33. The quantitative estimate of drug-likeness (QED) is 0.482. The lowest BCUT2D eigenvalue weighted by Crippen LogP contribution is -2.48. The van der Waals surface area contributed by atoms with Crippen LogP contribution in [0.1, 0.15) is 6.42 Å². The van der Waals surface area contributed by atoms with Crippen LogP contribution in [0, 0.1) is 0 Å². The summed E-state index contributed by atoms with van der Waals surface area (Å²) >= 11 is 12.1.